The lowest BCUT2D eigenvalue weighted by Gasteiger charge is -2.40. The van der Waals surface area contributed by atoms with Gasteiger partial charge in [0.15, 0.2) is 0 Å². The summed E-state index contributed by atoms with van der Waals surface area (Å²) in [6.07, 6.45) is 0.629. The molecule has 1 rings (SSSR count). The Bertz CT molecular complexity index is 363. The highest BCUT2D eigenvalue weighted by atomic mass is 16.5. The number of nitrogens with zero attached hydrogens (tertiary/aromatic N) is 2. The summed E-state index contributed by atoms with van der Waals surface area (Å²) in [7, 11) is 1.67. The van der Waals surface area contributed by atoms with Gasteiger partial charge in [-0.2, -0.15) is 4.99 Å². The van der Waals surface area contributed by atoms with Crippen LogP contribution in [0.3, 0.4) is 0 Å². The summed E-state index contributed by atoms with van der Waals surface area (Å²) in [5.41, 5.74) is 5.06. The molecule has 1 heterocycles. The summed E-state index contributed by atoms with van der Waals surface area (Å²) in [4.78, 5) is 17.6. The highest BCUT2D eigenvalue weighted by Gasteiger charge is 2.47. The van der Waals surface area contributed by atoms with Crippen LogP contribution in [0.4, 0.5) is 4.79 Å². The molecular weight excluding hydrogens is 230 g/mol. The van der Waals surface area contributed by atoms with E-state index < -0.39 is 5.54 Å². The summed E-state index contributed by atoms with van der Waals surface area (Å²) in [5.74, 6) is 0.762. The third-order valence-electron chi connectivity index (χ3n) is 3.46. The molecule has 0 spiro atoms. The summed E-state index contributed by atoms with van der Waals surface area (Å²) in [6.45, 7) is 10.7. The van der Waals surface area contributed by atoms with E-state index in [1.165, 1.54) is 0 Å². The van der Waals surface area contributed by atoms with Crippen LogP contribution in [-0.4, -0.2) is 41.6 Å². The number of rotatable bonds is 5. The van der Waals surface area contributed by atoms with Crippen molar-refractivity contribution in [2.75, 3.05) is 13.7 Å². The normalized spacial score (nSPS) is 24.9. The molecule has 0 fully saturated rings. The lowest BCUT2D eigenvalue weighted by molar-refractivity contribution is -0.0104. The van der Waals surface area contributed by atoms with Crippen LogP contribution < -0.4 is 5.73 Å². The Morgan fingerprint density at radius 1 is 1.50 bits per heavy atom. The van der Waals surface area contributed by atoms with Crippen molar-refractivity contribution < 1.29 is 9.53 Å². The van der Waals surface area contributed by atoms with E-state index in [-0.39, 0.29) is 11.6 Å². The van der Waals surface area contributed by atoms with E-state index >= 15 is 0 Å². The van der Waals surface area contributed by atoms with Crippen molar-refractivity contribution in [1.29, 1.82) is 0 Å². The highest BCUT2D eigenvalue weighted by molar-refractivity contribution is 6.05. The average molecular weight is 255 g/mol. The molecule has 0 aromatic rings. The zero-order valence-electron chi connectivity index (χ0n) is 12.3. The molecule has 2 N–H and O–H groups in total. The topological polar surface area (TPSA) is 67.9 Å². The van der Waals surface area contributed by atoms with E-state index in [2.05, 4.69) is 18.8 Å². The number of nitrogens with two attached hydrogens (primary N) is 1. The van der Waals surface area contributed by atoms with Crippen LogP contribution in [0.25, 0.3) is 0 Å². The van der Waals surface area contributed by atoms with Gasteiger partial charge in [-0.3, -0.25) is 0 Å². The first-order valence-electron chi connectivity index (χ1n) is 6.34. The maximum atomic E-state index is 11.9. The SMILES string of the molecule is COC(C)(C)CC1(C)C(N)=NC(=O)N1CC(C)C. The summed E-state index contributed by atoms with van der Waals surface area (Å²) < 4.78 is 5.45. The molecule has 1 aliphatic heterocycles. The van der Waals surface area contributed by atoms with Gasteiger partial charge in [0.25, 0.3) is 0 Å². The Morgan fingerprint density at radius 3 is 2.50 bits per heavy atom. The number of carbonyl (C=O) groups excluding carboxylic acids is 1. The zero-order valence-corrected chi connectivity index (χ0v) is 12.3. The number of carbonyl (C=O) groups is 1. The molecule has 1 unspecified atom stereocenters. The number of hydrogen-bond donors (Lipinski definition) is 1. The minimum Gasteiger partial charge on any atom is -0.385 e. The molecule has 0 aromatic heterocycles. The first kappa shape index (κ1) is 15.0. The van der Waals surface area contributed by atoms with Gasteiger partial charge >= 0.3 is 6.03 Å². The molecule has 104 valence electrons. The molecule has 0 radical (unpaired) electrons. The number of aliphatic imine (C=N–C) groups is 1. The standard InChI is InChI=1S/C13H25N3O2/c1-9(2)7-16-11(17)15-10(14)13(16,5)8-12(3,4)18-6/h9H,7-8H2,1-6H3,(H2,14,15,17). The van der Waals surface area contributed by atoms with Gasteiger partial charge in [0.1, 0.15) is 11.4 Å². The van der Waals surface area contributed by atoms with Gasteiger partial charge in [-0.25, -0.2) is 4.79 Å². The fraction of sp³-hybridized carbons (Fsp3) is 0.846. The number of ether oxygens (including phenoxy) is 1. The Hall–Kier alpha value is -1.10. The maximum Gasteiger partial charge on any atom is 0.346 e. The van der Waals surface area contributed by atoms with Crippen LogP contribution in [0.1, 0.15) is 41.0 Å². The fourth-order valence-electron chi connectivity index (χ4n) is 2.37. The van der Waals surface area contributed by atoms with Crippen molar-refractivity contribution in [2.45, 2.75) is 52.2 Å². The first-order valence-corrected chi connectivity index (χ1v) is 6.34. The van der Waals surface area contributed by atoms with Crippen LogP contribution in [0.15, 0.2) is 4.99 Å². The molecular formula is C13H25N3O2. The van der Waals surface area contributed by atoms with E-state index in [0.717, 1.165) is 0 Å². The molecule has 5 nitrogen and oxygen atoms in total. The van der Waals surface area contributed by atoms with E-state index in [1.54, 1.807) is 12.0 Å². The van der Waals surface area contributed by atoms with Gasteiger partial charge < -0.3 is 15.4 Å². The number of urea groups is 1. The van der Waals surface area contributed by atoms with Crippen molar-refractivity contribution in [3.63, 3.8) is 0 Å². The monoisotopic (exact) mass is 255 g/mol. The van der Waals surface area contributed by atoms with Crippen molar-refractivity contribution >= 4 is 11.9 Å². The van der Waals surface area contributed by atoms with Gasteiger partial charge in [0.2, 0.25) is 0 Å². The van der Waals surface area contributed by atoms with Crippen LogP contribution in [0.5, 0.6) is 0 Å². The average Bonchev–Trinajstić information content (AvgIpc) is 2.41. The van der Waals surface area contributed by atoms with Gasteiger partial charge in [-0.15, -0.1) is 0 Å². The first-order chi connectivity index (χ1) is 8.12. The Labute approximate surface area is 109 Å². The molecule has 1 aliphatic rings. The Morgan fingerprint density at radius 2 is 2.06 bits per heavy atom. The zero-order chi connectivity index (χ0) is 14.1. The smallest absolute Gasteiger partial charge is 0.346 e. The minimum atomic E-state index is -0.555. The predicted octanol–water partition coefficient (Wildman–Crippen LogP) is 2.01. The maximum absolute atomic E-state index is 11.9. The Balaban J connectivity index is 3.00. The van der Waals surface area contributed by atoms with Crippen molar-refractivity contribution in [3.05, 3.63) is 0 Å². The fourth-order valence-corrected chi connectivity index (χ4v) is 2.37. The third kappa shape index (κ3) is 2.83. The lowest BCUT2D eigenvalue weighted by Crippen LogP contribution is -2.56. The molecule has 1 atom stereocenters. The summed E-state index contributed by atoms with van der Waals surface area (Å²) in [5, 5.41) is 0. The van der Waals surface area contributed by atoms with Crippen LogP contribution in [0.2, 0.25) is 0 Å². The van der Waals surface area contributed by atoms with E-state index in [9.17, 15) is 4.79 Å². The second-order valence-electron chi connectivity index (χ2n) is 6.20. The molecule has 18 heavy (non-hydrogen) atoms. The number of hydrogen-bond acceptors (Lipinski definition) is 3. The largest absolute Gasteiger partial charge is 0.385 e. The molecule has 0 saturated heterocycles. The van der Waals surface area contributed by atoms with Crippen LogP contribution in [0, 0.1) is 5.92 Å². The molecule has 0 bridgehead atoms. The number of amides is 2. The highest BCUT2D eigenvalue weighted by Crippen LogP contribution is 2.33. The quantitative estimate of drug-likeness (QED) is 0.817. The van der Waals surface area contributed by atoms with Crippen LogP contribution >= 0.6 is 0 Å². The van der Waals surface area contributed by atoms with Gasteiger partial charge in [0, 0.05) is 20.1 Å². The molecule has 0 aromatic carbocycles. The van der Waals surface area contributed by atoms with Gasteiger partial charge in [-0.1, -0.05) is 13.8 Å². The van der Waals surface area contributed by atoms with E-state index in [1.807, 2.05) is 20.8 Å². The van der Waals surface area contributed by atoms with E-state index in [4.69, 9.17) is 10.5 Å². The third-order valence-corrected chi connectivity index (χ3v) is 3.46. The predicted molar refractivity (Wildman–Crippen MR) is 72.7 cm³/mol. The molecule has 0 saturated carbocycles. The second kappa shape index (κ2) is 4.88. The molecule has 0 aliphatic carbocycles. The lowest BCUT2D eigenvalue weighted by atomic mass is 9.85. The van der Waals surface area contributed by atoms with Gasteiger partial charge in [-0.05, 0) is 26.7 Å². The van der Waals surface area contributed by atoms with E-state index in [0.29, 0.717) is 24.7 Å². The van der Waals surface area contributed by atoms with Crippen molar-refractivity contribution in [2.24, 2.45) is 16.6 Å². The van der Waals surface area contributed by atoms with Crippen molar-refractivity contribution in [1.82, 2.24) is 4.90 Å². The summed E-state index contributed by atoms with van der Waals surface area (Å²) >= 11 is 0. The van der Waals surface area contributed by atoms with Crippen LogP contribution in [-0.2, 0) is 4.74 Å². The number of amidine groups is 1. The minimum absolute atomic E-state index is 0.240. The summed E-state index contributed by atoms with van der Waals surface area (Å²) in [6, 6.07) is -0.240. The Kier molecular flexibility index (Phi) is 4.05. The van der Waals surface area contributed by atoms with Gasteiger partial charge in [0.05, 0.1) is 5.60 Å². The second-order valence-corrected chi connectivity index (χ2v) is 6.20. The molecule has 5 heteroatoms. The molecule has 2 amide bonds. The van der Waals surface area contributed by atoms with Crippen molar-refractivity contribution in [3.8, 4) is 0 Å². The number of methoxy groups -OCH3 is 1.